The third kappa shape index (κ3) is 2.69. The zero-order valence-electron chi connectivity index (χ0n) is 10.3. The van der Waals surface area contributed by atoms with Gasteiger partial charge in [0.2, 0.25) is 0 Å². The van der Waals surface area contributed by atoms with Crippen molar-refractivity contribution < 1.29 is 4.74 Å². The first-order valence-corrected chi connectivity index (χ1v) is 7.46. The van der Waals surface area contributed by atoms with Crippen molar-refractivity contribution in [2.75, 3.05) is 13.2 Å². The van der Waals surface area contributed by atoms with Crippen LogP contribution < -0.4 is 5.32 Å². The van der Waals surface area contributed by atoms with E-state index in [1.165, 1.54) is 29.8 Å². The normalized spacial score (nSPS) is 28.8. The molecular formula is C13H20N2OS. The highest BCUT2D eigenvalue weighted by Crippen LogP contribution is 2.38. The summed E-state index contributed by atoms with van der Waals surface area (Å²) < 4.78 is 5.83. The molecule has 0 amide bonds. The molecule has 1 aliphatic heterocycles. The van der Waals surface area contributed by atoms with Gasteiger partial charge >= 0.3 is 0 Å². The summed E-state index contributed by atoms with van der Waals surface area (Å²) in [5.41, 5.74) is 3.13. The van der Waals surface area contributed by atoms with Gasteiger partial charge in [0.1, 0.15) is 0 Å². The van der Waals surface area contributed by atoms with Crippen molar-refractivity contribution in [3.05, 3.63) is 16.1 Å². The molecule has 0 radical (unpaired) electrons. The predicted octanol–water partition coefficient (Wildman–Crippen LogP) is 2.15. The second-order valence-electron chi connectivity index (χ2n) is 5.13. The van der Waals surface area contributed by atoms with E-state index < -0.39 is 0 Å². The molecule has 1 saturated heterocycles. The summed E-state index contributed by atoms with van der Waals surface area (Å²) >= 11 is 1.77. The number of nitrogens with one attached hydrogen (secondary N) is 1. The van der Waals surface area contributed by atoms with E-state index in [-0.39, 0.29) is 0 Å². The Bertz CT molecular complexity index is 375. The Morgan fingerprint density at radius 2 is 2.35 bits per heavy atom. The first kappa shape index (κ1) is 11.6. The van der Waals surface area contributed by atoms with Crippen molar-refractivity contribution in [2.45, 2.75) is 44.8 Å². The molecular weight excluding hydrogens is 232 g/mol. The van der Waals surface area contributed by atoms with Gasteiger partial charge in [-0.1, -0.05) is 0 Å². The Kier molecular flexibility index (Phi) is 3.45. The smallest absolute Gasteiger partial charge is 0.0797 e. The molecule has 0 aromatic carbocycles. The topological polar surface area (TPSA) is 34.2 Å². The van der Waals surface area contributed by atoms with Crippen LogP contribution in [0.1, 0.15) is 29.8 Å². The minimum absolute atomic E-state index is 0.498. The Labute approximate surface area is 107 Å². The summed E-state index contributed by atoms with van der Waals surface area (Å²) in [4.78, 5) is 5.70. The van der Waals surface area contributed by atoms with E-state index in [0.29, 0.717) is 12.1 Å². The summed E-state index contributed by atoms with van der Waals surface area (Å²) in [5, 5.41) is 3.67. The van der Waals surface area contributed by atoms with Gasteiger partial charge in [-0.25, -0.2) is 4.98 Å². The zero-order valence-corrected chi connectivity index (χ0v) is 11.1. The molecule has 1 aliphatic carbocycles. The molecule has 2 heterocycles. The molecule has 3 rings (SSSR count). The lowest BCUT2D eigenvalue weighted by Gasteiger charge is -2.19. The van der Waals surface area contributed by atoms with Crippen molar-refractivity contribution in [1.29, 1.82) is 0 Å². The SMILES string of the molecule is Cc1ncsc1CCNC1CCOC1C1CC1. The number of hydrogen-bond acceptors (Lipinski definition) is 4. The van der Waals surface area contributed by atoms with Crippen LogP contribution in [-0.4, -0.2) is 30.3 Å². The standard InChI is InChI=1S/C13H20N2OS/c1-9-12(17-8-15-9)4-6-14-11-5-7-16-13(11)10-2-3-10/h8,10-11,13-14H,2-7H2,1H3. The second kappa shape index (κ2) is 5.04. The number of ether oxygens (including phenoxy) is 1. The summed E-state index contributed by atoms with van der Waals surface area (Å²) in [5.74, 6) is 0.847. The molecule has 0 bridgehead atoms. The molecule has 2 unspecified atom stereocenters. The fourth-order valence-electron chi connectivity index (χ4n) is 2.66. The van der Waals surface area contributed by atoms with E-state index in [0.717, 1.165) is 25.5 Å². The van der Waals surface area contributed by atoms with Gasteiger partial charge in [-0.05, 0) is 38.5 Å². The first-order valence-electron chi connectivity index (χ1n) is 6.58. The van der Waals surface area contributed by atoms with Crippen LogP contribution in [0.25, 0.3) is 0 Å². The summed E-state index contributed by atoms with van der Waals surface area (Å²) in [6.45, 7) is 4.09. The quantitative estimate of drug-likeness (QED) is 0.872. The molecule has 1 aromatic rings. The molecule has 4 heteroatoms. The lowest BCUT2D eigenvalue weighted by Crippen LogP contribution is -2.38. The van der Waals surface area contributed by atoms with Crippen LogP contribution in [0.5, 0.6) is 0 Å². The first-order chi connectivity index (χ1) is 8.34. The van der Waals surface area contributed by atoms with Gasteiger partial charge < -0.3 is 10.1 Å². The lowest BCUT2D eigenvalue weighted by molar-refractivity contribution is 0.0813. The summed E-state index contributed by atoms with van der Waals surface area (Å²) in [6.07, 6.45) is 5.53. The van der Waals surface area contributed by atoms with Crippen molar-refractivity contribution in [3.63, 3.8) is 0 Å². The Hall–Kier alpha value is -0.450. The number of aryl methyl sites for hydroxylation is 1. The number of nitrogens with zero attached hydrogens (tertiary/aromatic N) is 1. The van der Waals surface area contributed by atoms with E-state index in [1.807, 2.05) is 5.51 Å². The zero-order chi connectivity index (χ0) is 11.7. The number of thiazole rings is 1. The molecule has 2 atom stereocenters. The molecule has 17 heavy (non-hydrogen) atoms. The Morgan fingerprint density at radius 1 is 1.47 bits per heavy atom. The summed E-state index contributed by atoms with van der Waals surface area (Å²) in [6, 6.07) is 0.593. The molecule has 1 N–H and O–H groups in total. The van der Waals surface area contributed by atoms with E-state index in [2.05, 4.69) is 17.2 Å². The van der Waals surface area contributed by atoms with Crippen LogP contribution in [0.4, 0.5) is 0 Å². The molecule has 94 valence electrons. The Balaban J connectivity index is 1.46. The summed E-state index contributed by atoms with van der Waals surface area (Å²) in [7, 11) is 0. The third-order valence-corrected chi connectivity index (χ3v) is 4.82. The van der Waals surface area contributed by atoms with Crippen LogP contribution >= 0.6 is 11.3 Å². The molecule has 2 aliphatic rings. The van der Waals surface area contributed by atoms with Crippen molar-refractivity contribution in [1.82, 2.24) is 10.3 Å². The molecule has 2 fully saturated rings. The van der Waals surface area contributed by atoms with Gasteiger partial charge in [0.25, 0.3) is 0 Å². The maximum Gasteiger partial charge on any atom is 0.0797 e. The van der Waals surface area contributed by atoms with E-state index >= 15 is 0 Å². The monoisotopic (exact) mass is 252 g/mol. The number of rotatable bonds is 5. The predicted molar refractivity (Wildman–Crippen MR) is 69.4 cm³/mol. The number of aromatic nitrogens is 1. The van der Waals surface area contributed by atoms with Crippen molar-refractivity contribution in [3.8, 4) is 0 Å². The minimum atomic E-state index is 0.498. The highest BCUT2D eigenvalue weighted by Gasteiger charge is 2.40. The van der Waals surface area contributed by atoms with Gasteiger partial charge in [0.05, 0.1) is 17.3 Å². The maximum atomic E-state index is 5.83. The third-order valence-electron chi connectivity index (χ3n) is 3.83. The van der Waals surface area contributed by atoms with Crippen LogP contribution in [0.2, 0.25) is 0 Å². The minimum Gasteiger partial charge on any atom is -0.376 e. The average Bonchev–Trinajstić information content (AvgIpc) is 2.93. The van der Waals surface area contributed by atoms with E-state index in [1.54, 1.807) is 11.3 Å². The van der Waals surface area contributed by atoms with E-state index in [9.17, 15) is 0 Å². The van der Waals surface area contributed by atoms with Crippen LogP contribution in [-0.2, 0) is 11.2 Å². The van der Waals surface area contributed by atoms with Crippen molar-refractivity contribution >= 4 is 11.3 Å². The average molecular weight is 252 g/mol. The van der Waals surface area contributed by atoms with Gasteiger partial charge in [-0.15, -0.1) is 11.3 Å². The van der Waals surface area contributed by atoms with Gasteiger partial charge in [-0.3, -0.25) is 0 Å². The fourth-order valence-corrected chi connectivity index (χ4v) is 3.44. The van der Waals surface area contributed by atoms with Crippen LogP contribution in [0.3, 0.4) is 0 Å². The molecule has 3 nitrogen and oxygen atoms in total. The second-order valence-corrected chi connectivity index (χ2v) is 6.07. The largest absolute Gasteiger partial charge is 0.376 e. The van der Waals surface area contributed by atoms with Gasteiger partial charge in [0.15, 0.2) is 0 Å². The molecule has 1 aromatic heterocycles. The van der Waals surface area contributed by atoms with Crippen LogP contribution in [0, 0.1) is 12.8 Å². The fraction of sp³-hybridized carbons (Fsp3) is 0.769. The van der Waals surface area contributed by atoms with Crippen LogP contribution in [0.15, 0.2) is 5.51 Å². The van der Waals surface area contributed by atoms with E-state index in [4.69, 9.17) is 4.74 Å². The molecule has 0 spiro atoms. The highest BCUT2D eigenvalue weighted by atomic mass is 32.1. The Morgan fingerprint density at radius 3 is 3.06 bits per heavy atom. The number of hydrogen-bond donors (Lipinski definition) is 1. The van der Waals surface area contributed by atoms with Gasteiger partial charge in [-0.2, -0.15) is 0 Å². The lowest BCUT2D eigenvalue weighted by atomic mass is 10.1. The molecule has 1 saturated carbocycles. The van der Waals surface area contributed by atoms with Crippen molar-refractivity contribution in [2.24, 2.45) is 5.92 Å². The highest BCUT2D eigenvalue weighted by molar-refractivity contribution is 7.09. The van der Waals surface area contributed by atoms with Gasteiger partial charge in [0, 0.05) is 24.1 Å². The maximum absolute atomic E-state index is 5.83.